The summed E-state index contributed by atoms with van der Waals surface area (Å²) in [5.74, 6) is 0.773. The lowest BCUT2D eigenvalue weighted by atomic mass is 9.49. The summed E-state index contributed by atoms with van der Waals surface area (Å²) in [5.41, 5.74) is -1.24. The highest BCUT2D eigenvalue weighted by Gasteiger charge is 2.57. The van der Waals surface area contributed by atoms with Crippen LogP contribution in [0.1, 0.15) is 77.0 Å². The molecule has 6 aliphatic rings. The summed E-state index contributed by atoms with van der Waals surface area (Å²) in [7, 11) is 1.60. The molecule has 1 aliphatic heterocycles. The third-order valence-electron chi connectivity index (χ3n) is 9.55. The van der Waals surface area contributed by atoms with Gasteiger partial charge in [-0.2, -0.15) is 5.26 Å². The van der Waals surface area contributed by atoms with Crippen LogP contribution in [0, 0.1) is 34.5 Å². The SMILES string of the molecule is CN(C(=O)COC(=O)[C@@H]1CC(O)CN1C(=O)C12CC3CC(CC(C3)C1)C2)C1(C#N)CCCCC1. The van der Waals surface area contributed by atoms with Gasteiger partial charge in [-0.1, -0.05) is 19.3 Å². The van der Waals surface area contributed by atoms with Gasteiger partial charge in [0.15, 0.2) is 6.61 Å². The normalized spacial score (nSPS) is 37.8. The quantitative estimate of drug-likeness (QED) is 0.617. The molecule has 8 nitrogen and oxygen atoms in total. The van der Waals surface area contributed by atoms with Gasteiger partial charge < -0.3 is 19.6 Å². The van der Waals surface area contributed by atoms with Crippen LogP contribution in [0.2, 0.25) is 0 Å². The summed E-state index contributed by atoms with van der Waals surface area (Å²) in [6.07, 6.45) is 9.83. The molecule has 4 bridgehead atoms. The Bertz CT molecular complexity index is 854. The van der Waals surface area contributed by atoms with Crippen LogP contribution in [0.4, 0.5) is 0 Å². The van der Waals surface area contributed by atoms with Gasteiger partial charge in [-0.25, -0.2) is 4.79 Å². The van der Waals surface area contributed by atoms with Crippen molar-refractivity contribution in [2.45, 2.75) is 94.7 Å². The Morgan fingerprint density at radius 3 is 2.18 bits per heavy atom. The molecule has 1 unspecified atom stereocenters. The molecule has 0 radical (unpaired) electrons. The number of aliphatic hydroxyl groups excluding tert-OH is 1. The van der Waals surface area contributed by atoms with Crippen LogP contribution in [-0.4, -0.2) is 70.6 Å². The minimum absolute atomic E-state index is 0.000756. The average molecular weight is 472 g/mol. The van der Waals surface area contributed by atoms with E-state index in [1.807, 2.05) is 0 Å². The first-order valence-corrected chi connectivity index (χ1v) is 13.1. The second-order valence-electron chi connectivity index (χ2n) is 11.8. The third-order valence-corrected chi connectivity index (χ3v) is 9.55. The standard InChI is InChI=1S/C26H37N3O5/c1-28(26(16-27)5-3-2-4-6-26)22(31)15-34-23(32)21-10-20(30)14-29(21)24(33)25-11-17-7-18(12-25)9-19(8-17)13-25/h17-21,30H,2-15H2,1H3/t17?,18?,19?,20?,21-,25?/m0/s1. The zero-order chi connectivity index (χ0) is 24.1. The van der Waals surface area contributed by atoms with Crippen molar-refractivity contribution in [3.63, 3.8) is 0 Å². The topological polar surface area (TPSA) is 111 Å². The summed E-state index contributed by atoms with van der Waals surface area (Å²) in [6.45, 7) is -0.309. The highest BCUT2D eigenvalue weighted by molar-refractivity contribution is 5.90. The van der Waals surface area contributed by atoms with Crippen molar-refractivity contribution in [1.29, 1.82) is 5.26 Å². The molecular formula is C26H37N3O5. The molecule has 0 aromatic carbocycles. The van der Waals surface area contributed by atoms with E-state index in [2.05, 4.69) is 6.07 Å². The number of likely N-dealkylation sites (N-methyl/N-ethyl adjacent to an activating group) is 1. The van der Waals surface area contributed by atoms with Crippen LogP contribution in [0.25, 0.3) is 0 Å². The van der Waals surface area contributed by atoms with Crippen molar-refractivity contribution in [1.82, 2.24) is 9.80 Å². The maximum atomic E-state index is 13.8. The number of hydrogen-bond donors (Lipinski definition) is 1. The third kappa shape index (κ3) is 4.00. The van der Waals surface area contributed by atoms with Crippen LogP contribution >= 0.6 is 0 Å². The average Bonchev–Trinajstić information content (AvgIpc) is 3.22. The smallest absolute Gasteiger partial charge is 0.329 e. The fourth-order valence-electron chi connectivity index (χ4n) is 8.16. The lowest BCUT2D eigenvalue weighted by Crippen LogP contribution is -2.56. The second-order valence-corrected chi connectivity index (χ2v) is 11.8. The van der Waals surface area contributed by atoms with E-state index in [0.29, 0.717) is 30.6 Å². The molecule has 2 amide bonds. The number of nitrogens with zero attached hydrogens (tertiary/aromatic N) is 3. The molecule has 2 atom stereocenters. The Balaban J connectivity index is 1.23. The van der Waals surface area contributed by atoms with Crippen LogP contribution in [0.5, 0.6) is 0 Å². The zero-order valence-electron chi connectivity index (χ0n) is 20.2. The van der Waals surface area contributed by atoms with Gasteiger partial charge in [0, 0.05) is 20.0 Å². The Kier molecular flexibility index (Phi) is 6.12. The van der Waals surface area contributed by atoms with Gasteiger partial charge in [-0.3, -0.25) is 9.59 Å². The Labute approximate surface area is 201 Å². The largest absolute Gasteiger partial charge is 0.454 e. The number of carbonyl (C=O) groups is 3. The van der Waals surface area contributed by atoms with E-state index < -0.39 is 41.6 Å². The van der Waals surface area contributed by atoms with Crippen molar-refractivity contribution in [2.75, 3.05) is 20.2 Å². The van der Waals surface area contributed by atoms with E-state index in [-0.39, 0.29) is 18.9 Å². The van der Waals surface area contributed by atoms with Crippen molar-refractivity contribution in [2.24, 2.45) is 23.2 Å². The number of ether oxygens (including phenoxy) is 1. The predicted octanol–water partition coefficient (Wildman–Crippen LogP) is 2.39. The molecule has 6 rings (SSSR count). The Hall–Kier alpha value is -2.14. The molecule has 5 saturated carbocycles. The molecular weight excluding hydrogens is 434 g/mol. The molecule has 1 N–H and O–H groups in total. The first-order chi connectivity index (χ1) is 16.2. The lowest BCUT2D eigenvalue weighted by Gasteiger charge is -2.56. The molecule has 0 aromatic heterocycles. The molecule has 1 heterocycles. The van der Waals surface area contributed by atoms with Gasteiger partial charge in [0.2, 0.25) is 5.91 Å². The summed E-state index contributed by atoms with van der Waals surface area (Å²) in [4.78, 5) is 42.6. The lowest BCUT2D eigenvalue weighted by molar-refractivity contribution is -0.167. The van der Waals surface area contributed by atoms with Gasteiger partial charge in [-0.05, 0) is 69.1 Å². The highest BCUT2D eigenvalue weighted by atomic mass is 16.5. The second kappa shape index (κ2) is 8.82. The minimum Gasteiger partial charge on any atom is -0.454 e. The van der Waals surface area contributed by atoms with Gasteiger partial charge in [0.1, 0.15) is 11.6 Å². The Morgan fingerprint density at radius 1 is 1.03 bits per heavy atom. The number of carbonyl (C=O) groups excluding carboxylic acids is 3. The molecule has 8 heteroatoms. The molecule has 5 aliphatic carbocycles. The number of aliphatic hydroxyl groups is 1. The van der Waals surface area contributed by atoms with Gasteiger partial charge in [0.25, 0.3) is 5.91 Å². The van der Waals surface area contributed by atoms with E-state index in [0.717, 1.165) is 38.5 Å². The van der Waals surface area contributed by atoms with Crippen LogP contribution in [-0.2, 0) is 19.1 Å². The molecule has 6 fully saturated rings. The number of likely N-dealkylation sites (tertiary alicyclic amines) is 1. The van der Waals surface area contributed by atoms with Crippen molar-refractivity contribution in [3.05, 3.63) is 0 Å². The summed E-state index contributed by atoms with van der Waals surface area (Å²) >= 11 is 0. The minimum atomic E-state index is -0.854. The number of esters is 1. The maximum Gasteiger partial charge on any atom is 0.329 e. The highest BCUT2D eigenvalue weighted by Crippen LogP contribution is 2.60. The number of nitriles is 1. The van der Waals surface area contributed by atoms with Crippen molar-refractivity contribution >= 4 is 17.8 Å². The number of hydrogen-bond acceptors (Lipinski definition) is 6. The summed E-state index contributed by atoms with van der Waals surface area (Å²) < 4.78 is 5.39. The van der Waals surface area contributed by atoms with Gasteiger partial charge in [0.05, 0.1) is 17.6 Å². The maximum absolute atomic E-state index is 13.8. The number of β-amino-alcohol motifs (C(OH)–C–C–N with tert-alkyl or cyclic N) is 1. The molecule has 34 heavy (non-hydrogen) atoms. The molecule has 0 spiro atoms. The number of rotatable bonds is 5. The first kappa shape index (κ1) is 23.6. The van der Waals surface area contributed by atoms with Crippen LogP contribution in [0.3, 0.4) is 0 Å². The fraction of sp³-hybridized carbons (Fsp3) is 0.846. The van der Waals surface area contributed by atoms with E-state index in [4.69, 9.17) is 4.74 Å². The summed E-state index contributed by atoms with van der Waals surface area (Å²) in [5, 5.41) is 20.1. The molecule has 186 valence electrons. The van der Waals surface area contributed by atoms with Crippen molar-refractivity contribution in [3.8, 4) is 6.07 Å². The predicted molar refractivity (Wildman–Crippen MR) is 122 cm³/mol. The van der Waals surface area contributed by atoms with E-state index in [1.165, 1.54) is 24.2 Å². The first-order valence-electron chi connectivity index (χ1n) is 13.1. The number of amides is 2. The molecule has 1 saturated heterocycles. The van der Waals surface area contributed by atoms with Crippen LogP contribution < -0.4 is 0 Å². The van der Waals surface area contributed by atoms with E-state index in [9.17, 15) is 24.8 Å². The van der Waals surface area contributed by atoms with Crippen LogP contribution in [0.15, 0.2) is 0 Å². The van der Waals surface area contributed by atoms with Gasteiger partial charge in [-0.15, -0.1) is 0 Å². The van der Waals surface area contributed by atoms with Gasteiger partial charge >= 0.3 is 5.97 Å². The van der Waals surface area contributed by atoms with E-state index >= 15 is 0 Å². The van der Waals surface area contributed by atoms with E-state index in [1.54, 1.807) is 11.9 Å². The zero-order valence-corrected chi connectivity index (χ0v) is 20.2. The van der Waals surface area contributed by atoms with Crippen molar-refractivity contribution < 1.29 is 24.2 Å². The Morgan fingerprint density at radius 2 is 1.62 bits per heavy atom. The monoisotopic (exact) mass is 471 g/mol. The molecule has 0 aromatic rings. The fourth-order valence-corrected chi connectivity index (χ4v) is 8.16. The summed E-state index contributed by atoms with van der Waals surface area (Å²) in [6, 6.07) is 1.46.